The number of carbonyl (C=O) groups excluding carboxylic acids is 1. The van der Waals surface area contributed by atoms with Crippen LogP contribution >= 0.6 is 0 Å². The summed E-state index contributed by atoms with van der Waals surface area (Å²) in [6, 6.07) is 4.91. The molecule has 0 aromatic heterocycles. The van der Waals surface area contributed by atoms with Gasteiger partial charge in [0, 0.05) is 5.69 Å². The molecule has 0 bridgehead atoms. The molecule has 19 heavy (non-hydrogen) atoms. The molecule has 0 saturated carbocycles. The van der Waals surface area contributed by atoms with Crippen molar-refractivity contribution in [3.05, 3.63) is 29.3 Å². The molecular weight excluding hydrogens is 244 g/mol. The number of rotatable bonds is 5. The van der Waals surface area contributed by atoms with Gasteiger partial charge in [0.15, 0.2) is 0 Å². The van der Waals surface area contributed by atoms with E-state index in [1.807, 2.05) is 32.0 Å². The molecule has 0 aliphatic heterocycles. The van der Waals surface area contributed by atoms with Crippen molar-refractivity contribution in [1.82, 2.24) is 4.90 Å². The van der Waals surface area contributed by atoms with E-state index in [4.69, 9.17) is 5.11 Å². The summed E-state index contributed by atoms with van der Waals surface area (Å²) in [5.74, 6) is -1.29. The van der Waals surface area contributed by atoms with Crippen LogP contribution in [0.15, 0.2) is 18.2 Å². The number of aryl methyl sites for hydroxylation is 2. The van der Waals surface area contributed by atoms with Gasteiger partial charge in [-0.3, -0.25) is 14.5 Å². The van der Waals surface area contributed by atoms with Crippen molar-refractivity contribution < 1.29 is 14.7 Å². The van der Waals surface area contributed by atoms with Crippen LogP contribution in [0.2, 0.25) is 0 Å². The molecule has 1 aromatic rings. The molecule has 1 rings (SSSR count). The van der Waals surface area contributed by atoms with E-state index in [1.54, 1.807) is 14.1 Å². The Hall–Kier alpha value is -1.88. The van der Waals surface area contributed by atoms with Crippen molar-refractivity contribution in [2.75, 3.05) is 19.4 Å². The molecule has 1 amide bonds. The van der Waals surface area contributed by atoms with Crippen molar-refractivity contribution in [3.63, 3.8) is 0 Å². The minimum atomic E-state index is -0.998. The zero-order valence-electron chi connectivity index (χ0n) is 11.7. The van der Waals surface area contributed by atoms with E-state index in [-0.39, 0.29) is 12.3 Å². The average Bonchev–Trinajstić information content (AvgIpc) is 2.30. The molecule has 1 unspecified atom stereocenters. The second-order valence-corrected chi connectivity index (χ2v) is 4.84. The summed E-state index contributed by atoms with van der Waals surface area (Å²) in [5, 5.41) is 11.8. The molecule has 5 nitrogen and oxygen atoms in total. The molecule has 0 fully saturated rings. The van der Waals surface area contributed by atoms with Gasteiger partial charge in [-0.25, -0.2) is 0 Å². The molecular formula is C14H20N2O3. The Morgan fingerprint density at radius 2 is 1.79 bits per heavy atom. The van der Waals surface area contributed by atoms with Gasteiger partial charge in [-0.05, 0) is 39.1 Å². The van der Waals surface area contributed by atoms with Crippen molar-refractivity contribution in [2.24, 2.45) is 0 Å². The first-order chi connectivity index (χ1) is 8.82. The van der Waals surface area contributed by atoms with Crippen LogP contribution in [0, 0.1) is 13.8 Å². The fraction of sp³-hybridized carbons (Fsp3) is 0.429. The van der Waals surface area contributed by atoms with Crippen molar-refractivity contribution >= 4 is 17.6 Å². The number of aliphatic carboxylic acids is 1. The van der Waals surface area contributed by atoms with Crippen LogP contribution in [-0.2, 0) is 9.59 Å². The van der Waals surface area contributed by atoms with E-state index < -0.39 is 12.0 Å². The minimum absolute atomic E-state index is 0.0733. The standard InChI is InChI=1S/C14H20N2O3/c1-9-6-5-7-10(2)13(9)15-12(17)8-11(14(18)19)16(3)4/h5-7,11H,8H2,1-4H3,(H,15,17)(H,18,19). The van der Waals surface area contributed by atoms with Gasteiger partial charge in [-0.15, -0.1) is 0 Å². The van der Waals surface area contributed by atoms with Crippen LogP contribution in [-0.4, -0.2) is 42.0 Å². The van der Waals surface area contributed by atoms with Gasteiger partial charge in [0.2, 0.25) is 5.91 Å². The summed E-state index contributed by atoms with van der Waals surface area (Å²) in [7, 11) is 3.29. The SMILES string of the molecule is Cc1cccc(C)c1NC(=O)CC(C(=O)O)N(C)C. The van der Waals surface area contributed by atoms with Crippen LogP contribution in [0.3, 0.4) is 0 Å². The maximum absolute atomic E-state index is 11.9. The Bertz CT molecular complexity index is 463. The monoisotopic (exact) mass is 264 g/mol. The quantitative estimate of drug-likeness (QED) is 0.848. The maximum Gasteiger partial charge on any atom is 0.321 e. The van der Waals surface area contributed by atoms with Crippen LogP contribution in [0.5, 0.6) is 0 Å². The molecule has 1 aromatic carbocycles. The summed E-state index contributed by atoms with van der Waals surface area (Å²) in [4.78, 5) is 24.5. The highest BCUT2D eigenvalue weighted by atomic mass is 16.4. The third-order valence-corrected chi connectivity index (χ3v) is 3.03. The lowest BCUT2D eigenvalue weighted by atomic mass is 10.1. The summed E-state index contributed by atoms with van der Waals surface area (Å²) >= 11 is 0. The van der Waals surface area contributed by atoms with E-state index in [2.05, 4.69) is 5.32 Å². The minimum Gasteiger partial charge on any atom is -0.480 e. The third kappa shape index (κ3) is 4.06. The maximum atomic E-state index is 11.9. The topological polar surface area (TPSA) is 69.6 Å². The Labute approximate surface area is 113 Å². The number of anilines is 1. The number of carboxylic acid groups (broad SMARTS) is 1. The lowest BCUT2D eigenvalue weighted by Gasteiger charge is -2.20. The second kappa shape index (κ2) is 6.33. The smallest absolute Gasteiger partial charge is 0.321 e. The Morgan fingerprint density at radius 1 is 1.26 bits per heavy atom. The molecule has 1 atom stereocenters. The summed E-state index contributed by atoms with van der Waals surface area (Å²) in [6.07, 6.45) is -0.0733. The summed E-state index contributed by atoms with van der Waals surface area (Å²) in [5.41, 5.74) is 2.69. The van der Waals surface area contributed by atoms with Crippen LogP contribution in [0.25, 0.3) is 0 Å². The van der Waals surface area contributed by atoms with Crippen LogP contribution in [0.4, 0.5) is 5.69 Å². The largest absolute Gasteiger partial charge is 0.480 e. The number of hydrogen-bond acceptors (Lipinski definition) is 3. The molecule has 0 heterocycles. The number of carbonyl (C=O) groups is 2. The zero-order valence-corrected chi connectivity index (χ0v) is 11.7. The number of benzene rings is 1. The molecule has 5 heteroatoms. The zero-order chi connectivity index (χ0) is 14.6. The molecule has 104 valence electrons. The highest BCUT2D eigenvalue weighted by Crippen LogP contribution is 2.19. The lowest BCUT2D eigenvalue weighted by Crippen LogP contribution is -2.38. The highest BCUT2D eigenvalue weighted by molar-refractivity contribution is 5.95. The van der Waals surface area contributed by atoms with E-state index in [1.165, 1.54) is 4.90 Å². The fourth-order valence-electron chi connectivity index (χ4n) is 1.87. The van der Waals surface area contributed by atoms with Gasteiger partial charge in [-0.2, -0.15) is 0 Å². The van der Waals surface area contributed by atoms with E-state index in [0.717, 1.165) is 16.8 Å². The van der Waals surface area contributed by atoms with Gasteiger partial charge in [0.05, 0.1) is 6.42 Å². The molecule has 0 aliphatic carbocycles. The molecule has 0 spiro atoms. The Morgan fingerprint density at radius 3 is 2.21 bits per heavy atom. The van der Waals surface area contributed by atoms with Gasteiger partial charge in [0.1, 0.15) is 6.04 Å². The first-order valence-electron chi connectivity index (χ1n) is 6.08. The summed E-state index contributed by atoms with van der Waals surface area (Å²) < 4.78 is 0. The second-order valence-electron chi connectivity index (χ2n) is 4.84. The molecule has 0 saturated heterocycles. The normalized spacial score (nSPS) is 12.3. The number of nitrogens with zero attached hydrogens (tertiary/aromatic N) is 1. The molecule has 0 aliphatic rings. The van der Waals surface area contributed by atoms with Crippen molar-refractivity contribution in [3.8, 4) is 0 Å². The van der Waals surface area contributed by atoms with Crippen molar-refractivity contribution in [2.45, 2.75) is 26.3 Å². The predicted molar refractivity (Wildman–Crippen MR) is 74.3 cm³/mol. The van der Waals surface area contributed by atoms with Gasteiger partial charge in [0.25, 0.3) is 0 Å². The van der Waals surface area contributed by atoms with Crippen LogP contribution < -0.4 is 5.32 Å². The first kappa shape index (κ1) is 15.2. The van der Waals surface area contributed by atoms with E-state index in [0.29, 0.717) is 0 Å². The van der Waals surface area contributed by atoms with E-state index in [9.17, 15) is 9.59 Å². The first-order valence-corrected chi connectivity index (χ1v) is 6.08. The number of likely N-dealkylation sites (N-methyl/N-ethyl adjacent to an activating group) is 1. The number of nitrogens with one attached hydrogen (secondary N) is 1. The molecule has 2 N–H and O–H groups in total. The van der Waals surface area contributed by atoms with Crippen LogP contribution in [0.1, 0.15) is 17.5 Å². The van der Waals surface area contributed by atoms with Crippen molar-refractivity contribution in [1.29, 1.82) is 0 Å². The van der Waals surface area contributed by atoms with Gasteiger partial charge < -0.3 is 10.4 Å². The summed E-state index contributed by atoms with van der Waals surface area (Å²) in [6.45, 7) is 3.81. The number of carboxylic acids is 1. The number of amides is 1. The number of para-hydroxylation sites is 1. The lowest BCUT2D eigenvalue weighted by molar-refractivity contribution is -0.144. The highest BCUT2D eigenvalue weighted by Gasteiger charge is 2.23. The average molecular weight is 264 g/mol. The molecule has 0 radical (unpaired) electrons. The third-order valence-electron chi connectivity index (χ3n) is 3.03. The Kier molecular flexibility index (Phi) is 5.06. The Balaban J connectivity index is 2.78. The fourth-order valence-corrected chi connectivity index (χ4v) is 1.87. The number of hydrogen-bond donors (Lipinski definition) is 2. The van der Waals surface area contributed by atoms with Gasteiger partial charge in [-0.1, -0.05) is 18.2 Å². The van der Waals surface area contributed by atoms with Gasteiger partial charge >= 0.3 is 5.97 Å². The van der Waals surface area contributed by atoms with E-state index >= 15 is 0 Å². The predicted octanol–water partition coefficient (Wildman–Crippen LogP) is 1.65.